The smallest absolute Gasteiger partial charge is 0.384 e. The van der Waals surface area contributed by atoms with Crippen LogP contribution in [0, 0.1) is 16.7 Å². The fourth-order valence-electron chi connectivity index (χ4n) is 4.70. The zero-order valence-electron chi connectivity index (χ0n) is 18.9. The van der Waals surface area contributed by atoms with Crippen LogP contribution in [0.25, 0.3) is 0 Å². The highest BCUT2D eigenvalue weighted by molar-refractivity contribution is 9.10. The Labute approximate surface area is 208 Å². The van der Waals surface area contributed by atoms with Gasteiger partial charge >= 0.3 is 6.18 Å². The number of hydrogen-bond acceptors (Lipinski definition) is 5. The molecule has 4 rings (SSSR count). The quantitative estimate of drug-likeness (QED) is 0.446. The molecule has 0 saturated carbocycles. The van der Waals surface area contributed by atoms with Gasteiger partial charge in [0.15, 0.2) is 5.78 Å². The first-order chi connectivity index (χ1) is 15.9. The van der Waals surface area contributed by atoms with E-state index in [4.69, 9.17) is 5.73 Å². The molecule has 1 unspecified atom stereocenters. The Kier molecular flexibility index (Phi) is 6.19. The van der Waals surface area contributed by atoms with Gasteiger partial charge < -0.3 is 5.73 Å². The maximum Gasteiger partial charge on any atom is 0.416 e. The topological polar surface area (TPSA) is 70.1 Å². The minimum absolute atomic E-state index is 0.0732. The summed E-state index contributed by atoms with van der Waals surface area (Å²) in [5, 5.41) is 10.1. The molecule has 4 nitrogen and oxygen atoms in total. The Bertz CT molecular complexity index is 1270. The van der Waals surface area contributed by atoms with E-state index in [1.54, 1.807) is 4.90 Å². The molecule has 2 aliphatic rings. The van der Waals surface area contributed by atoms with Gasteiger partial charge in [-0.15, -0.1) is 11.3 Å². The van der Waals surface area contributed by atoms with Crippen molar-refractivity contribution >= 4 is 38.7 Å². The third-order valence-electron chi connectivity index (χ3n) is 6.22. The van der Waals surface area contributed by atoms with Crippen molar-refractivity contribution in [1.29, 1.82) is 5.26 Å². The van der Waals surface area contributed by atoms with Crippen LogP contribution in [0.2, 0.25) is 0 Å². The van der Waals surface area contributed by atoms with E-state index in [-0.39, 0.29) is 22.6 Å². The van der Waals surface area contributed by atoms with Crippen molar-refractivity contribution in [3.8, 4) is 6.07 Å². The largest absolute Gasteiger partial charge is 0.416 e. The number of Topliss-reactive ketones (excluding diaryl/α,β-unsaturated/α-hetero) is 1. The number of allylic oxidation sites excluding steroid dienone is 3. The molecule has 0 radical (unpaired) electrons. The van der Waals surface area contributed by atoms with Gasteiger partial charge in [0.1, 0.15) is 5.82 Å². The molecule has 0 fully saturated rings. The molecule has 0 saturated heterocycles. The summed E-state index contributed by atoms with van der Waals surface area (Å²) in [5.41, 5.74) is 7.16. The molecule has 0 bridgehead atoms. The minimum Gasteiger partial charge on any atom is -0.384 e. The summed E-state index contributed by atoms with van der Waals surface area (Å²) in [5.74, 6) is -0.536. The molecule has 0 spiro atoms. The first-order valence-corrected chi connectivity index (χ1v) is 12.4. The minimum atomic E-state index is -4.47. The van der Waals surface area contributed by atoms with Crippen molar-refractivity contribution in [2.24, 2.45) is 11.1 Å². The van der Waals surface area contributed by atoms with Gasteiger partial charge in [0.05, 0.1) is 23.1 Å². The number of carbonyl (C=O) groups excluding carboxylic acids is 1. The summed E-state index contributed by atoms with van der Waals surface area (Å²) in [4.78, 5) is 17.0. The normalized spacial score (nSPS) is 20.5. The predicted molar refractivity (Wildman–Crippen MR) is 130 cm³/mol. The van der Waals surface area contributed by atoms with Crippen LogP contribution in [0.4, 0.5) is 18.9 Å². The number of nitrogens with zero attached hydrogens (tertiary/aromatic N) is 2. The van der Waals surface area contributed by atoms with Crippen LogP contribution in [0.15, 0.2) is 57.5 Å². The number of alkyl halides is 3. The lowest BCUT2D eigenvalue weighted by atomic mass is 9.69. The summed E-state index contributed by atoms with van der Waals surface area (Å²) in [6.45, 7) is 5.98. The van der Waals surface area contributed by atoms with Crippen molar-refractivity contribution in [2.45, 2.75) is 52.1 Å². The third kappa shape index (κ3) is 4.18. The van der Waals surface area contributed by atoms with Crippen LogP contribution in [-0.4, -0.2) is 5.78 Å². The number of nitrogens with two attached hydrogens (primary N) is 1. The lowest BCUT2D eigenvalue weighted by Crippen LogP contribution is -2.42. The maximum atomic E-state index is 13.5. The van der Waals surface area contributed by atoms with Crippen LogP contribution in [0.1, 0.15) is 54.8 Å². The van der Waals surface area contributed by atoms with E-state index in [0.29, 0.717) is 29.8 Å². The number of anilines is 1. The van der Waals surface area contributed by atoms with Crippen LogP contribution in [0.3, 0.4) is 0 Å². The lowest BCUT2D eigenvalue weighted by Gasteiger charge is -2.43. The number of hydrogen-bond donors (Lipinski definition) is 1. The number of aryl methyl sites for hydroxylation is 1. The highest BCUT2D eigenvalue weighted by Crippen LogP contribution is 2.52. The first kappa shape index (κ1) is 24.6. The van der Waals surface area contributed by atoms with E-state index in [0.717, 1.165) is 32.8 Å². The van der Waals surface area contributed by atoms with Crippen molar-refractivity contribution in [3.05, 3.63) is 72.8 Å². The van der Waals surface area contributed by atoms with Gasteiger partial charge in [-0.05, 0) is 64.5 Å². The van der Waals surface area contributed by atoms with Crippen molar-refractivity contribution in [1.82, 2.24) is 0 Å². The highest BCUT2D eigenvalue weighted by Gasteiger charge is 2.45. The average molecular weight is 550 g/mol. The second-order valence-corrected chi connectivity index (χ2v) is 11.3. The number of halogens is 4. The Hall–Kier alpha value is -2.57. The monoisotopic (exact) mass is 549 g/mol. The summed E-state index contributed by atoms with van der Waals surface area (Å²) in [7, 11) is 0. The van der Waals surface area contributed by atoms with Crippen molar-refractivity contribution < 1.29 is 18.0 Å². The zero-order valence-corrected chi connectivity index (χ0v) is 21.3. The molecule has 1 atom stereocenters. The Balaban J connectivity index is 1.95. The molecule has 2 aromatic rings. The van der Waals surface area contributed by atoms with Crippen LogP contribution in [0.5, 0.6) is 0 Å². The van der Waals surface area contributed by atoms with E-state index < -0.39 is 17.7 Å². The number of thiophene rings is 1. The highest BCUT2D eigenvalue weighted by atomic mass is 79.9. The van der Waals surface area contributed by atoms with Crippen LogP contribution in [-0.2, 0) is 17.4 Å². The number of benzene rings is 1. The van der Waals surface area contributed by atoms with Gasteiger partial charge in [0, 0.05) is 37.6 Å². The summed E-state index contributed by atoms with van der Waals surface area (Å²) >= 11 is 5.10. The third-order valence-corrected chi connectivity index (χ3v) is 8.53. The molecule has 1 aliphatic heterocycles. The summed E-state index contributed by atoms with van der Waals surface area (Å²) < 4.78 is 40.3. The molecular weight excluding hydrogens is 527 g/mol. The molecule has 9 heteroatoms. The second kappa shape index (κ2) is 8.58. The number of ketones is 1. The number of carbonyl (C=O) groups is 1. The SMILES string of the molecule is CCc1sc(C2C(C#N)=C(N)N(c3ccc(C(F)(F)F)cc3)C3=C2C(=O)CC(C)(C)C3)cc1Br. The van der Waals surface area contributed by atoms with E-state index in [1.165, 1.54) is 23.5 Å². The van der Waals surface area contributed by atoms with Crippen molar-refractivity contribution in [2.75, 3.05) is 4.90 Å². The Morgan fingerprint density at radius 2 is 1.91 bits per heavy atom. The van der Waals surface area contributed by atoms with Crippen LogP contribution >= 0.6 is 27.3 Å². The van der Waals surface area contributed by atoms with E-state index in [2.05, 4.69) is 22.0 Å². The molecule has 0 amide bonds. The Morgan fingerprint density at radius 1 is 1.26 bits per heavy atom. The molecule has 1 aromatic heterocycles. The number of nitriles is 1. The molecular formula is C25H23BrF3N3OS. The average Bonchev–Trinajstić information content (AvgIpc) is 3.12. The van der Waals surface area contributed by atoms with Crippen molar-refractivity contribution in [3.63, 3.8) is 0 Å². The first-order valence-electron chi connectivity index (χ1n) is 10.8. The fraction of sp³-hybridized carbons (Fsp3) is 0.360. The standard InChI is InChI=1S/C25H23BrF3N3OS/c1-4-19-16(26)9-20(34-19)21-15(12-30)23(31)32(14-7-5-13(6-8-14)25(27,28)29)17-10-24(2,3)11-18(33)22(17)21/h5-9,21H,4,10-11,31H2,1-3H3. The Morgan fingerprint density at radius 3 is 2.44 bits per heavy atom. The van der Waals surface area contributed by atoms with Gasteiger partial charge in [0.25, 0.3) is 0 Å². The van der Waals surface area contributed by atoms with E-state index in [1.807, 2.05) is 26.8 Å². The second-order valence-electron chi connectivity index (χ2n) is 9.30. The summed E-state index contributed by atoms with van der Waals surface area (Å²) in [6, 6.07) is 8.77. The van der Waals surface area contributed by atoms with Gasteiger partial charge in [-0.3, -0.25) is 9.69 Å². The molecule has 2 N–H and O–H groups in total. The lowest BCUT2D eigenvalue weighted by molar-refractivity contribution is -0.137. The van der Waals surface area contributed by atoms with Gasteiger partial charge in [-0.25, -0.2) is 0 Å². The number of rotatable bonds is 3. The maximum absolute atomic E-state index is 13.5. The van der Waals surface area contributed by atoms with Gasteiger partial charge in [0.2, 0.25) is 0 Å². The van der Waals surface area contributed by atoms with E-state index in [9.17, 15) is 23.2 Å². The zero-order chi connectivity index (χ0) is 25.0. The van der Waals surface area contributed by atoms with Crippen LogP contribution < -0.4 is 10.6 Å². The van der Waals surface area contributed by atoms with Gasteiger partial charge in [-0.2, -0.15) is 18.4 Å². The summed E-state index contributed by atoms with van der Waals surface area (Å²) in [6.07, 6.45) is -2.86. The molecule has 34 heavy (non-hydrogen) atoms. The van der Waals surface area contributed by atoms with E-state index >= 15 is 0 Å². The molecule has 1 aliphatic carbocycles. The van der Waals surface area contributed by atoms with Gasteiger partial charge in [-0.1, -0.05) is 20.8 Å². The predicted octanol–water partition coefficient (Wildman–Crippen LogP) is 7.03. The fourth-order valence-corrected chi connectivity index (χ4v) is 6.73. The molecule has 178 valence electrons. The molecule has 2 heterocycles. The molecule has 1 aromatic carbocycles.